The Balaban J connectivity index is 2.05. The largest absolute Gasteiger partial charge is 0.495 e. The van der Waals surface area contributed by atoms with Crippen LogP contribution in [0.15, 0.2) is 42.5 Å². The summed E-state index contributed by atoms with van der Waals surface area (Å²) in [4.78, 5) is 24.1. The van der Waals surface area contributed by atoms with Crippen LogP contribution < -0.4 is 19.7 Å². The molecule has 0 bridgehead atoms. The first-order valence-corrected chi connectivity index (χ1v) is 9.03. The van der Waals surface area contributed by atoms with E-state index in [1.807, 2.05) is 45.2 Å². The second kappa shape index (κ2) is 9.70. The van der Waals surface area contributed by atoms with E-state index >= 15 is 0 Å². The van der Waals surface area contributed by atoms with E-state index < -0.39 is 4.92 Å². The van der Waals surface area contributed by atoms with Crippen LogP contribution in [0, 0.1) is 10.1 Å². The lowest BCUT2D eigenvalue weighted by molar-refractivity contribution is -0.907. The van der Waals surface area contributed by atoms with Gasteiger partial charge in [-0.1, -0.05) is 0 Å². The van der Waals surface area contributed by atoms with E-state index in [1.165, 1.54) is 25.3 Å². The Labute approximate surface area is 164 Å². The number of methoxy groups -OCH3 is 1. The van der Waals surface area contributed by atoms with Crippen molar-refractivity contribution in [3.63, 3.8) is 0 Å². The maximum atomic E-state index is 12.7. The lowest BCUT2D eigenvalue weighted by Crippen LogP contribution is -3.12. The van der Waals surface area contributed by atoms with Gasteiger partial charge in [-0.2, -0.15) is 0 Å². The number of non-ortho nitro benzene ring substituents is 1. The van der Waals surface area contributed by atoms with E-state index in [-0.39, 0.29) is 23.3 Å². The number of amides is 1. The van der Waals surface area contributed by atoms with Crippen LogP contribution in [-0.4, -0.2) is 37.6 Å². The molecule has 0 spiro atoms. The van der Waals surface area contributed by atoms with E-state index in [4.69, 9.17) is 9.47 Å². The molecule has 0 saturated heterocycles. The summed E-state index contributed by atoms with van der Waals surface area (Å²) in [7, 11) is 3.37. The highest BCUT2D eigenvalue weighted by molar-refractivity contribution is 5.95. The van der Waals surface area contributed by atoms with Gasteiger partial charge in [0.25, 0.3) is 11.6 Å². The number of likely N-dealkylation sites (N-methyl/N-ethyl adjacent to an activating group) is 1. The van der Waals surface area contributed by atoms with Crippen molar-refractivity contribution >= 4 is 17.3 Å². The number of nitro groups is 1. The Hall–Kier alpha value is -3.13. The number of quaternary nitrogens is 1. The van der Waals surface area contributed by atoms with Gasteiger partial charge in [-0.25, -0.2) is 0 Å². The molecule has 2 aromatic carbocycles. The summed E-state index contributed by atoms with van der Waals surface area (Å²) in [6.45, 7) is 5.00. The summed E-state index contributed by atoms with van der Waals surface area (Å²) in [6, 6.07) is 11.5. The topological polar surface area (TPSA) is 95.1 Å². The van der Waals surface area contributed by atoms with Gasteiger partial charge in [-0.3, -0.25) is 14.9 Å². The van der Waals surface area contributed by atoms with E-state index in [2.05, 4.69) is 5.32 Å². The molecular formula is C20H26N3O5+. The Morgan fingerprint density at radius 2 is 1.93 bits per heavy atom. The molecule has 8 heteroatoms. The van der Waals surface area contributed by atoms with Crippen molar-refractivity contribution in [1.29, 1.82) is 0 Å². The molecule has 1 amide bonds. The lowest BCUT2D eigenvalue weighted by Gasteiger charge is -2.21. The molecule has 150 valence electrons. The summed E-state index contributed by atoms with van der Waals surface area (Å²) in [6.07, 6.45) is 0. The molecule has 0 saturated carbocycles. The maximum absolute atomic E-state index is 12.7. The highest BCUT2D eigenvalue weighted by Gasteiger charge is 2.24. The number of nitro benzene ring substituents is 1. The average Bonchev–Trinajstić information content (AvgIpc) is 2.68. The van der Waals surface area contributed by atoms with Crippen molar-refractivity contribution in [2.75, 3.05) is 26.1 Å². The molecule has 0 aliphatic heterocycles. The number of carbonyl (C=O) groups excluding carboxylic acids is 1. The molecule has 0 fully saturated rings. The standard InChI is InChI=1S/C20H25N3O5/c1-5-28-17-9-6-15(7-10-17)13-22(3)14(2)20(24)21-18-12-16(23(25)26)8-11-19(18)27-4/h6-12,14H,5,13H2,1-4H3,(H,21,24)/p+1/t14-/m0/s1. The van der Waals surface area contributed by atoms with Gasteiger partial charge >= 0.3 is 0 Å². The Kier molecular flexibility index (Phi) is 7.34. The van der Waals surface area contributed by atoms with Crippen LogP contribution >= 0.6 is 0 Å². The third-order valence-corrected chi connectivity index (χ3v) is 4.50. The van der Waals surface area contributed by atoms with Crippen molar-refractivity contribution in [3.8, 4) is 11.5 Å². The number of ether oxygens (including phenoxy) is 2. The van der Waals surface area contributed by atoms with Gasteiger partial charge in [-0.05, 0) is 44.2 Å². The maximum Gasteiger partial charge on any atom is 0.282 e. The summed E-state index contributed by atoms with van der Waals surface area (Å²) >= 11 is 0. The minimum absolute atomic E-state index is 0.112. The zero-order chi connectivity index (χ0) is 20.7. The van der Waals surface area contributed by atoms with E-state index in [0.717, 1.165) is 16.2 Å². The molecule has 2 aromatic rings. The van der Waals surface area contributed by atoms with Gasteiger partial charge in [0.15, 0.2) is 6.04 Å². The van der Waals surface area contributed by atoms with E-state index in [0.29, 0.717) is 18.9 Å². The van der Waals surface area contributed by atoms with Crippen LogP contribution in [0.3, 0.4) is 0 Å². The van der Waals surface area contributed by atoms with Gasteiger partial charge in [0.05, 0.1) is 31.4 Å². The average molecular weight is 388 g/mol. The second-order valence-electron chi connectivity index (χ2n) is 6.45. The highest BCUT2D eigenvalue weighted by atomic mass is 16.6. The summed E-state index contributed by atoms with van der Waals surface area (Å²) in [5.41, 5.74) is 1.25. The zero-order valence-electron chi connectivity index (χ0n) is 16.5. The fourth-order valence-electron chi connectivity index (χ4n) is 2.72. The first kappa shape index (κ1) is 21.2. The Morgan fingerprint density at radius 1 is 1.25 bits per heavy atom. The molecule has 2 rings (SSSR count). The minimum Gasteiger partial charge on any atom is -0.495 e. The second-order valence-corrected chi connectivity index (χ2v) is 6.45. The van der Waals surface area contributed by atoms with E-state index in [1.54, 1.807) is 0 Å². The minimum atomic E-state index is -0.512. The molecule has 28 heavy (non-hydrogen) atoms. The van der Waals surface area contributed by atoms with Crippen molar-refractivity contribution in [1.82, 2.24) is 0 Å². The van der Waals surface area contributed by atoms with Crippen LogP contribution in [0.5, 0.6) is 11.5 Å². The number of carbonyl (C=O) groups is 1. The van der Waals surface area contributed by atoms with Gasteiger partial charge < -0.3 is 19.7 Å². The Morgan fingerprint density at radius 3 is 2.50 bits per heavy atom. The SMILES string of the molecule is CCOc1ccc(C[NH+](C)[C@@H](C)C(=O)Nc2cc([N+](=O)[O-])ccc2OC)cc1. The Bertz CT molecular complexity index is 823. The van der Waals surface area contributed by atoms with Crippen LogP contribution in [0.4, 0.5) is 11.4 Å². The van der Waals surface area contributed by atoms with Crippen LogP contribution in [0.2, 0.25) is 0 Å². The molecule has 0 aliphatic rings. The van der Waals surface area contributed by atoms with Crippen LogP contribution in [0.1, 0.15) is 19.4 Å². The number of hydrogen-bond acceptors (Lipinski definition) is 5. The van der Waals surface area contributed by atoms with Gasteiger partial charge in [0, 0.05) is 17.7 Å². The van der Waals surface area contributed by atoms with Crippen LogP contribution in [-0.2, 0) is 11.3 Å². The van der Waals surface area contributed by atoms with Crippen molar-refractivity contribution < 1.29 is 24.1 Å². The number of anilines is 1. The van der Waals surface area contributed by atoms with Gasteiger partial charge in [0.1, 0.15) is 18.0 Å². The number of benzene rings is 2. The third kappa shape index (κ3) is 5.43. The predicted octanol–water partition coefficient (Wildman–Crippen LogP) is 2.04. The van der Waals surface area contributed by atoms with Crippen molar-refractivity contribution in [3.05, 3.63) is 58.1 Å². The molecule has 0 radical (unpaired) electrons. The fraction of sp³-hybridized carbons (Fsp3) is 0.350. The molecule has 0 aromatic heterocycles. The molecule has 2 atom stereocenters. The molecule has 0 heterocycles. The normalized spacial score (nSPS) is 12.7. The quantitative estimate of drug-likeness (QED) is 0.506. The van der Waals surface area contributed by atoms with E-state index in [9.17, 15) is 14.9 Å². The number of nitrogens with one attached hydrogen (secondary N) is 2. The van der Waals surface area contributed by atoms with Crippen molar-refractivity contribution in [2.24, 2.45) is 0 Å². The number of rotatable bonds is 9. The zero-order valence-corrected chi connectivity index (χ0v) is 16.5. The number of nitrogens with zero attached hydrogens (tertiary/aromatic N) is 1. The molecule has 8 nitrogen and oxygen atoms in total. The molecule has 1 unspecified atom stereocenters. The highest BCUT2D eigenvalue weighted by Crippen LogP contribution is 2.28. The fourth-order valence-corrected chi connectivity index (χ4v) is 2.72. The summed E-state index contributed by atoms with van der Waals surface area (Å²) < 4.78 is 10.6. The number of hydrogen-bond donors (Lipinski definition) is 2. The first-order valence-electron chi connectivity index (χ1n) is 9.03. The van der Waals surface area contributed by atoms with Crippen molar-refractivity contribution in [2.45, 2.75) is 26.4 Å². The molecule has 0 aliphatic carbocycles. The summed E-state index contributed by atoms with van der Waals surface area (Å²) in [5.74, 6) is 0.935. The monoisotopic (exact) mass is 388 g/mol. The summed E-state index contributed by atoms with van der Waals surface area (Å²) in [5, 5.41) is 13.7. The van der Waals surface area contributed by atoms with Gasteiger partial charge in [0.2, 0.25) is 0 Å². The molecular weight excluding hydrogens is 362 g/mol. The smallest absolute Gasteiger partial charge is 0.282 e. The lowest BCUT2D eigenvalue weighted by atomic mass is 10.1. The first-order chi connectivity index (χ1) is 13.3. The van der Waals surface area contributed by atoms with Gasteiger partial charge in [-0.15, -0.1) is 0 Å². The third-order valence-electron chi connectivity index (χ3n) is 4.50. The molecule has 2 N–H and O–H groups in total. The van der Waals surface area contributed by atoms with Crippen LogP contribution in [0.25, 0.3) is 0 Å². The predicted molar refractivity (Wildman–Crippen MR) is 106 cm³/mol.